The van der Waals surface area contributed by atoms with E-state index in [1.54, 1.807) is 0 Å². The standard InChI is InChI=1S/C17H25N3O4/c1-11-9-20(15(21)8-12-4-6-22-7-5-12)10-14(23-11)17-18-16(19-24-17)13-2-3-13/h11-14H,2-10H2,1H3/t11-,14-/m1/s1. The molecule has 0 radical (unpaired) electrons. The van der Waals surface area contributed by atoms with Gasteiger partial charge in [0.2, 0.25) is 5.91 Å². The third-order valence-electron chi connectivity index (χ3n) is 5.09. The lowest BCUT2D eigenvalue weighted by Gasteiger charge is -2.36. The zero-order chi connectivity index (χ0) is 16.5. The highest BCUT2D eigenvalue weighted by molar-refractivity contribution is 5.76. The van der Waals surface area contributed by atoms with E-state index in [4.69, 9.17) is 14.0 Å². The van der Waals surface area contributed by atoms with E-state index in [0.717, 1.165) is 44.7 Å². The van der Waals surface area contributed by atoms with Gasteiger partial charge in [-0.3, -0.25) is 4.79 Å². The minimum Gasteiger partial charge on any atom is -0.381 e. The molecule has 2 aliphatic heterocycles. The van der Waals surface area contributed by atoms with Crippen molar-refractivity contribution in [2.75, 3.05) is 26.3 Å². The first-order chi connectivity index (χ1) is 11.7. The number of rotatable bonds is 4. The van der Waals surface area contributed by atoms with Crippen molar-refractivity contribution in [1.82, 2.24) is 15.0 Å². The first-order valence-corrected chi connectivity index (χ1v) is 9.03. The smallest absolute Gasteiger partial charge is 0.257 e. The molecule has 132 valence electrons. The Hall–Kier alpha value is -1.47. The zero-order valence-electron chi connectivity index (χ0n) is 14.1. The third kappa shape index (κ3) is 3.62. The number of hydrogen-bond acceptors (Lipinski definition) is 6. The lowest BCUT2D eigenvalue weighted by atomic mass is 9.95. The molecule has 0 spiro atoms. The first-order valence-electron chi connectivity index (χ1n) is 9.03. The second-order valence-corrected chi connectivity index (χ2v) is 7.26. The van der Waals surface area contributed by atoms with E-state index < -0.39 is 0 Å². The fourth-order valence-corrected chi connectivity index (χ4v) is 3.50. The summed E-state index contributed by atoms with van der Waals surface area (Å²) < 4.78 is 16.7. The highest BCUT2D eigenvalue weighted by Crippen LogP contribution is 2.39. The molecule has 0 aromatic carbocycles. The number of ether oxygens (including phenoxy) is 2. The Bertz CT molecular complexity index is 580. The molecule has 1 aliphatic carbocycles. The zero-order valence-corrected chi connectivity index (χ0v) is 14.1. The molecule has 1 saturated carbocycles. The van der Waals surface area contributed by atoms with Crippen LogP contribution in [-0.2, 0) is 14.3 Å². The highest BCUT2D eigenvalue weighted by atomic mass is 16.5. The van der Waals surface area contributed by atoms with Gasteiger partial charge in [-0.05, 0) is 38.5 Å². The Morgan fingerprint density at radius 3 is 2.75 bits per heavy atom. The van der Waals surface area contributed by atoms with Crippen molar-refractivity contribution in [3.63, 3.8) is 0 Å². The Morgan fingerprint density at radius 1 is 1.21 bits per heavy atom. The van der Waals surface area contributed by atoms with Gasteiger partial charge in [-0.25, -0.2) is 0 Å². The van der Waals surface area contributed by atoms with Crippen LogP contribution in [0.5, 0.6) is 0 Å². The van der Waals surface area contributed by atoms with Gasteiger partial charge < -0.3 is 18.9 Å². The summed E-state index contributed by atoms with van der Waals surface area (Å²) in [4.78, 5) is 19.1. The van der Waals surface area contributed by atoms with E-state index in [0.29, 0.717) is 37.2 Å². The summed E-state index contributed by atoms with van der Waals surface area (Å²) in [6, 6.07) is 0. The molecule has 0 bridgehead atoms. The van der Waals surface area contributed by atoms with Crippen LogP contribution < -0.4 is 0 Å². The topological polar surface area (TPSA) is 77.7 Å². The van der Waals surface area contributed by atoms with Gasteiger partial charge in [0.25, 0.3) is 5.89 Å². The lowest BCUT2D eigenvalue weighted by molar-refractivity contribution is -0.148. The van der Waals surface area contributed by atoms with Crippen molar-refractivity contribution in [3.8, 4) is 0 Å². The number of carbonyl (C=O) groups excluding carboxylic acids is 1. The van der Waals surface area contributed by atoms with E-state index in [2.05, 4.69) is 10.1 Å². The van der Waals surface area contributed by atoms with Gasteiger partial charge in [0.1, 0.15) is 0 Å². The summed E-state index contributed by atoms with van der Waals surface area (Å²) in [6.07, 6.45) is 4.48. The largest absolute Gasteiger partial charge is 0.381 e. The SMILES string of the molecule is C[C@@H]1CN(C(=O)CC2CCOCC2)C[C@H](c2nc(C3CC3)no2)O1. The lowest BCUT2D eigenvalue weighted by Crippen LogP contribution is -2.46. The molecule has 3 fully saturated rings. The number of hydrogen-bond donors (Lipinski definition) is 0. The van der Waals surface area contributed by atoms with Gasteiger partial charge in [0.05, 0.1) is 12.6 Å². The van der Waals surface area contributed by atoms with Crippen LogP contribution in [0.25, 0.3) is 0 Å². The molecule has 24 heavy (non-hydrogen) atoms. The van der Waals surface area contributed by atoms with Crippen molar-refractivity contribution < 1.29 is 18.8 Å². The Morgan fingerprint density at radius 2 is 2.00 bits per heavy atom. The molecule has 7 heteroatoms. The molecule has 1 aromatic rings. The minimum atomic E-state index is -0.313. The summed E-state index contributed by atoms with van der Waals surface area (Å²) >= 11 is 0. The van der Waals surface area contributed by atoms with Crippen LogP contribution in [0.1, 0.15) is 62.8 Å². The number of morpholine rings is 1. The van der Waals surface area contributed by atoms with Crippen molar-refractivity contribution in [2.24, 2.45) is 5.92 Å². The van der Waals surface area contributed by atoms with Crippen LogP contribution >= 0.6 is 0 Å². The number of aromatic nitrogens is 2. The van der Waals surface area contributed by atoms with Crippen LogP contribution in [0.15, 0.2) is 4.52 Å². The van der Waals surface area contributed by atoms with E-state index in [1.165, 1.54) is 0 Å². The van der Waals surface area contributed by atoms with Gasteiger partial charge in [0, 0.05) is 32.1 Å². The normalized spacial score (nSPS) is 29.0. The predicted octanol–water partition coefficient (Wildman–Crippen LogP) is 2.05. The van der Waals surface area contributed by atoms with E-state index in [-0.39, 0.29) is 18.1 Å². The maximum absolute atomic E-state index is 12.7. The van der Waals surface area contributed by atoms with E-state index in [9.17, 15) is 4.79 Å². The van der Waals surface area contributed by atoms with Crippen LogP contribution in [0, 0.1) is 5.92 Å². The average molecular weight is 335 g/mol. The molecule has 0 N–H and O–H groups in total. The van der Waals surface area contributed by atoms with Crippen molar-refractivity contribution in [2.45, 2.75) is 57.2 Å². The molecule has 0 unspecified atom stereocenters. The maximum atomic E-state index is 12.7. The van der Waals surface area contributed by atoms with E-state index in [1.807, 2.05) is 11.8 Å². The third-order valence-corrected chi connectivity index (χ3v) is 5.09. The minimum absolute atomic E-state index is 0.0290. The average Bonchev–Trinajstić information content (AvgIpc) is 3.32. The molecule has 3 aliphatic rings. The van der Waals surface area contributed by atoms with Crippen LogP contribution in [0.4, 0.5) is 0 Å². The van der Waals surface area contributed by atoms with Crippen LogP contribution in [0.2, 0.25) is 0 Å². The van der Waals surface area contributed by atoms with Crippen LogP contribution in [0.3, 0.4) is 0 Å². The fraction of sp³-hybridized carbons (Fsp3) is 0.824. The summed E-state index contributed by atoms with van der Waals surface area (Å²) in [7, 11) is 0. The fourth-order valence-electron chi connectivity index (χ4n) is 3.50. The molecule has 1 amide bonds. The summed E-state index contributed by atoms with van der Waals surface area (Å²) in [5.74, 6) is 2.38. The Balaban J connectivity index is 1.38. The Labute approximate surface area is 141 Å². The summed E-state index contributed by atoms with van der Waals surface area (Å²) in [6.45, 7) is 4.65. The molecule has 3 heterocycles. The molecular formula is C17H25N3O4. The van der Waals surface area contributed by atoms with Crippen molar-refractivity contribution in [3.05, 3.63) is 11.7 Å². The van der Waals surface area contributed by atoms with E-state index >= 15 is 0 Å². The summed E-state index contributed by atoms with van der Waals surface area (Å²) in [5.41, 5.74) is 0. The molecule has 2 saturated heterocycles. The quantitative estimate of drug-likeness (QED) is 0.838. The molecule has 1 aromatic heterocycles. The van der Waals surface area contributed by atoms with Crippen molar-refractivity contribution in [1.29, 1.82) is 0 Å². The predicted molar refractivity (Wildman–Crippen MR) is 84.3 cm³/mol. The van der Waals surface area contributed by atoms with Gasteiger partial charge in [0.15, 0.2) is 11.9 Å². The van der Waals surface area contributed by atoms with Gasteiger partial charge in [-0.15, -0.1) is 0 Å². The number of nitrogens with zero attached hydrogens (tertiary/aromatic N) is 3. The molecule has 7 nitrogen and oxygen atoms in total. The monoisotopic (exact) mass is 335 g/mol. The first kappa shape index (κ1) is 16.0. The van der Waals surface area contributed by atoms with Gasteiger partial charge in [-0.1, -0.05) is 5.16 Å². The molecular weight excluding hydrogens is 310 g/mol. The Kier molecular flexibility index (Phi) is 4.54. The second-order valence-electron chi connectivity index (χ2n) is 7.26. The summed E-state index contributed by atoms with van der Waals surface area (Å²) in [5, 5.41) is 4.06. The number of amides is 1. The maximum Gasteiger partial charge on any atom is 0.257 e. The van der Waals surface area contributed by atoms with Gasteiger partial charge >= 0.3 is 0 Å². The number of carbonyl (C=O) groups is 1. The van der Waals surface area contributed by atoms with Crippen molar-refractivity contribution >= 4 is 5.91 Å². The van der Waals surface area contributed by atoms with Gasteiger partial charge in [-0.2, -0.15) is 4.98 Å². The highest BCUT2D eigenvalue weighted by Gasteiger charge is 2.35. The molecule has 2 atom stereocenters. The van der Waals surface area contributed by atoms with Crippen LogP contribution in [-0.4, -0.2) is 53.4 Å². The second kappa shape index (κ2) is 6.80. The molecule has 4 rings (SSSR count).